The van der Waals surface area contributed by atoms with Gasteiger partial charge in [0, 0.05) is 78.5 Å². The van der Waals surface area contributed by atoms with Crippen LogP contribution < -0.4 is 14.5 Å². The van der Waals surface area contributed by atoms with Crippen LogP contribution in [0.1, 0.15) is 48.6 Å². The summed E-state index contributed by atoms with van der Waals surface area (Å²) in [5.41, 5.74) is 15.8. The third-order valence-corrected chi connectivity index (χ3v) is 12.9. The van der Waals surface area contributed by atoms with Crippen molar-refractivity contribution in [3.05, 3.63) is 222 Å². The standard InChI is InChI=1S/C62H49F2N4O.Pt/c1-38-23-39(2)26-42(25-38)43-31-49(35-51(32-43)69-50-19-20-55-54-13-8-9-16-56(54)68(59(55)36-50)60-33-46(21-22-65-60)62(5,6)7)66-37-67(58-18-11-10-17-57(58)66)61-52(44-27-40(3)24-41(4)28-44)14-12-15-53(61)45-29-47(63)34-48(64)30-45;/h8-34,37H,1-7H3;/q-3;. The van der Waals surface area contributed by atoms with Gasteiger partial charge in [-0.3, -0.25) is 0 Å². The predicted molar refractivity (Wildman–Crippen MR) is 278 cm³/mol. The predicted octanol–water partition coefficient (Wildman–Crippen LogP) is 16.8. The second-order valence-corrected chi connectivity index (χ2v) is 19.3. The second kappa shape index (κ2) is 18.2. The zero-order valence-corrected chi connectivity index (χ0v) is 42.2. The van der Waals surface area contributed by atoms with Gasteiger partial charge in [0.15, 0.2) is 0 Å². The summed E-state index contributed by atoms with van der Waals surface area (Å²) in [4.78, 5) is 9.12. The van der Waals surface area contributed by atoms with Crippen LogP contribution in [0.2, 0.25) is 0 Å². The smallest absolute Gasteiger partial charge is 0.135 e. The summed E-state index contributed by atoms with van der Waals surface area (Å²) in [5.74, 6) is 0.554. The molecule has 8 aromatic carbocycles. The van der Waals surface area contributed by atoms with Crippen LogP contribution in [0.4, 0.5) is 31.5 Å². The molecular formula is C62H49F2N4OPt-3. The molecule has 0 saturated heterocycles. The molecule has 8 heteroatoms. The fourth-order valence-corrected chi connectivity index (χ4v) is 9.91. The van der Waals surface area contributed by atoms with Crippen molar-refractivity contribution in [3.8, 4) is 50.7 Å². The Balaban J connectivity index is 0.00000567. The van der Waals surface area contributed by atoms with Gasteiger partial charge in [0.1, 0.15) is 17.5 Å². The Labute approximate surface area is 422 Å². The maximum absolute atomic E-state index is 15.1. The van der Waals surface area contributed by atoms with E-state index in [4.69, 9.17) is 9.72 Å². The van der Waals surface area contributed by atoms with Crippen LogP contribution in [-0.2, 0) is 26.5 Å². The summed E-state index contributed by atoms with van der Waals surface area (Å²) in [6, 6.07) is 59.0. The number of fused-ring (bicyclic) bond motifs is 4. The van der Waals surface area contributed by atoms with Crippen molar-refractivity contribution < 1.29 is 34.6 Å². The van der Waals surface area contributed by atoms with Gasteiger partial charge in [-0.05, 0) is 103 Å². The fraction of sp³-hybridized carbons (Fsp3) is 0.129. The molecule has 70 heavy (non-hydrogen) atoms. The third-order valence-electron chi connectivity index (χ3n) is 12.9. The average molecular weight is 1100 g/mol. The Bertz CT molecular complexity index is 3540. The van der Waals surface area contributed by atoms with Gasteiger partial charge in [0.05, 0.1) is 0 Å². The molecule has 0 saturated carbocycles. The van der Waals surface area contributed by atoms with Crippen LogP contribution in [0, 0.1) is 58.1 Å². The zero-order chi connectivity index (χ0) is 47.7. The van der Waals surface area contributed by atoms with Gasteiger partial charge >= 0.3 is 0 Å². The van der Waals surface area contributed by atoms with Gasteiger partial charge in [0.2, 0.25) is 0 Å². The molecule has 0 radical (unpaired) electrons. The number of hydrogen-bond donors (Lipinski definition) is 0. The number of nitrogens with zero attached hydrogens (tertiary/aromatic N) is 4. The van der Waals surface area contributed by atoms with Crippen molar-refractivity contribution in [2.24, 2.45) is 0 Å². The number of anilines is 4. The maximum Gasteiger partial charge on any atom is 0.135 e. The third kappa shape index (κ3) is 8.69. The Kier molecular flexibility index (Phi) is 12.1. The molecule has 0 aliphatic carbocycles. The van der Waals surface area contributed by atoms with Crippen LogP contribution in [0.5, 0.6) is 11.5 Å². The number of pyridine rings is 1. The van der Waals surface area contributed by atoms with Crippen molar-refractivity contribution >= 4 is 44.6 Å². The summed E-state index contributed by atoms with van der Waals surface area (Å²) >= 11 is 0. The van der Waals surface area contributed by atoms with E-state index >= 15 is 8.78 Å². The van der Waals surface area contributed by atoms with Crippen LogP contribution >= 0.6 is 0 Å². The van der Waals surface area contributed by atoms with Gasteiger partial charge in [-0.1, -0.05) is 133 Å². The first kappa shape index (κ1) is 46.4. The van der Waals surface area contributed by atoms with Crippen LogP contribution in [0.25, 0.3) is 61.0 Å². The van der Waals surface area contributed by atoms with Crippen LogP contribution in [0.15, 0.2) is 164 Å². The Morgan fingerprint density at radius 1 is 0.543 bits per heavy atom. The minimum Gasteiger partial charge on any atom is -0.509 e. The van der Waals surface area contributed by atoms with Crippen molar-refractivity contribution in [2.75, 3.05) is 9.80 Å². The van der Waals surface area contributed by atoms with E-state index in [9.17, 15) is 0 Å². The molecule has 5 nitrogen and oxygen atoms in total. The molecule has 350 valence electrons. The molecule has 0 unspecified atom stereocenters. The molecule has 0 N–H and O–H groups in total. The van der Waals surface area contributed by atoms with Gasteiger partial charge in [-0.2, -0.15) is 6.07 Å². The van der Waals surface area contributed by atoms with E-state index in [1.54, 1.807) is 0 Å². The molecular weight excluding hydrogens is 1050 g/mol. The van der Waals surface area contributed by atoms with E-state index in [1.807, 2.05) is 49.3 Å². The molecule has 0 bridgehead atoms. The molecule has 0 amide bonds. The summed E-state index contributed by atoms with van der Waals surface area (Å²) in [7, 11) is 0. The minimum absolute atomic E-state index is 0. The number of halogens is 2. The van der Waals surface area contributed by atoms with Crippen LogP contribution in [-0.4, -0.2) is 9.55 Å². The molecule has 3 heterocycles. The van der Waals surface area contributed by atoms with Gasteiger partial charge in [-0.25, -0.2) is 13.8 Å². The summed E-state index contributed by atoms with van der Waals surface area (Å²) < 4.78 is 39.2. The number of ether oxygens (including phenoxy) is 1. The number of rotatable bonds is 8. The van der Waals surface area contributed by atoms with Gasteiger partial charge < -0.3 is 19.1 Å². The van der Waals surface area contributed by atoms with Crippen LogP contribution in [0.3, 0.4) is 0 Å². The number of aryl methyl sites for hydroxylation is 4. The Morgan fingerprint density at radius 3 is 1.81 bits per heavy atom. The molecule has 1 aliphatic rings. The first-order valence-electron chi connectivity index (χ1n) is 23.2. The number of aromatic nitrogens is 2. The largest absolute Gasteiger partial charge is 0.509 e. The van der Waals surface area contributed by atoms with E-state index in [2.05, 4.69) is 178 Å². The molecule has 0 atom stereocenters. The van der Waals surface area contributed by atoms with Crippen molar-refractivity contribution in [2.45, 2.75) is 53.9 Å². The summed E-state index contributed by atoms with van der Waals surface area (Å²) in [5, 5.41) is 2.14. The number of para-hydroxylation sites is 4. The van der Waals surface area contributed by atoms with Gasteiger partial charge in [0.25, 0.3) is 0 Å². The Morgan fingerprint density at radius 2 is 1.14 bits per heavy atom. The first-order valence-corrected chi connectivity index (χ1v) is 23.2. The average Bonchev–Trinajstić information content (AvgIpc) is 3.86. The maximum atomic E-state index is 15.1. The first-order chi connectivity index (χ1) is 33.2. The minimum atomic E-state index is -0.644. The van der Waals surface area contributed by atoms with E-state index in [0.717, 1.165) is 101 Å². The second-order valence-electron chi connectivity index (χ2n) is 19.3. The molecule has 11 rings (SSSR count). The summed E-state index contributed by atoms with van der Waals surface area (Å²) in [6.45, 7) is 17.0. The van der Waals surface area contributed by atoms with E-state index in [1.165, 1.54) is 17.7 Å². The molecule has 0 fully saturated rings. The zero-order valence-electron chi connectivity index (χ0n) is 39.9. The van der Waals surface area contributed by atoms with Crippen molar-refractivity contribution in [1.29, 1.82) is 0 Å². The number of hydrogen-bond acceptors (Lipinski definition) is 4. The van der Waals surface area contributed by atoms with Crippen molar-refractivity contribution in [3.63, 3.8) is 0 Å². The normalized spacial score (nSPS) is 12.4. The quantitative estimate of drug-likeness (QED) is 0.142. The van der Waals surface area contributed by atoms with Gasteiger partial charge in [-0.15, -0.1) is 53.6 Å². The molecule has 1 aliphatic heterocycles. The SMILES string of the molecule is Cc1cc(C)cc(-c2cc(Oc3[c-]c4c(cc3)c3ccccc3n4-c3cc(C(C)(C)C)ccn3)[c-]c(N3[CH-]N(c4c(-c5cc(C)cc(C)c5)cccc4-c4cc(F)cc(F)c4)c4ccccc43)c2)c1.[Pt]. The molecule has 2 aromatic heterocycles. The Hall–Kier alpha value is -7.34. The topological polar surface area (TPSA) is 33.5 Å². The van der Waals surface area contributed by atoms with E-state index < -0.39 is 11.6 Å². The van der Waals surface area contributed by atoms with Crippen molar-refractivity contribution in [1.82, 2.24) is 9.55 Å². The summed E-state index contributed by atoms with van der Waals surface area (Å²) in [6.07, 6.45) is 1.88. The molecule has 10 aromatic rings. The van der Waals surface area contributed by atoms with E-state index in [0.29, 0.717) is 22.6 Å². The monoisotopic (exact) mass is 1100 g/mol. The number of benzene rings is 8. The van der Waals surface area contributed by atoms with E-state index in [-0.39, 0.29) is 26.5 Å². The molecule has 0 spiro atoms. The fourth-order valence-electron chi connectivity index (χ4n) is 9.91.